The van der Waals surface area contributed by atoms with Gasteiger partial charge in [0.1, 0.15) is 6.61 Å². The first-order valence-corrected chi connectivity index (χ1v) is 4.09. The van der Waals surface area contributed by atoms with Crippen LogP contribution in [0.4, 0.5) is 10.6 Å². The topological polar surface area (TPSA) is 77.6 Å². The Morgan fingerprint density at radius 2 is 2.57 bits per heavy atom. The van der Waals surface area contributed by atoms with Gasteiger partial charge in [0.15, 0.2) is 5.82 Å². The predicted molar refractivity (Wildman–Crippen MR) is 53.3 cm³/mol. The second-order valence-corrected chi connectivity index (χ2v) is 2.48. The molecule has 5 nitrogen and oxygen atoms in total. The fourth-order valence-corrected chi connectivity index (χ4v) is 0.922. The van der Waals surface area contributed by atoms with Crippen LogP contribution in [0.3, 0.4) is 0 Å². The van der Waals surface area contributed by atoms with E-state index in [9.17, 15) is 4.79 Å². The molecular weight excluding hydrogens is 202 g/mol. The Morgan fingerprint density at radius 1 is 1.79 bits per heavy atom. The largest absolute Gasteiger partial charge is 0.445 e. The van der Waals surface area contributed by atoms with Gasteiger partial charge in [-0.05, 0) is 18.3 Å². The third kappa shape index (κ3) is 2.93. The number of aliphatic imine (C=N–C) groups is 1. The van der Waals surface area contributed by atoms with Gasteiger partial charge in [0.2, 0.25) is 0 Å². The fourth-order valence-electron chi connectivity index (χ4n) is 0.836. The molecule has 0 bridgehead atoms. The van der Waals surface area contributed by atoms with Gasteiger partial charge < -0.3 is 10.5 Å². The molecule has 0 atom stereocenters. The molecule has 2 N–H and O–H groups in total. The molecule has 0 aliphatic rings. The van der Waals surface area contributed by atoms with Crippen molar-refractivity contribution in [2.75, 3.05) is 0 Å². The molecule has 1 rings (SSSR count). The Balaban J connectivity index is 2.84. The highest BCUT2D eigenvalue weighted by atomic mass is 32.1. The van der Waals surface area contributed by atoms with Crippen molar-refractivity contribution in [1.82, 2.24) is 4.98 Å². The van der Waals surface area contributed by atoms with Crippen LogP contribution in [0.15, 0.2) is 23.3 Å². The van der Waals surface area contributed by atoms with Crippen molar-refractivity contribution in [1.29, 1.82) is 0 Å². The summed E-state index contributed by atoms with van der Waals surface area (Å²) in [4.78, 5) is 18.0. The Labute approximate surface area is 85.6 Å². The molecule has 0 saturated heterocycles. The second kappa shape index (κ2) is 5.06. The highest BCUT2D eigenvalue weighted by Gasteiger charge is 2.03. The molecule has 0 radical (unpaired) electrons. The van der Waals surface area contributed by atoms with Crippen LogP contribution >= 0.6 is 12.2 Å². The van der Waals surface area contributed by atoms with Crippen LogP contribution in [0.1, 0.15) is 5.56 Å². The van der Waals surface area contributed by atoms with E-state index in [0.29, 0.717) is 11.4 Å². The summed E-state index contributed by atoms with van der Waals surface area (Å²) in [5.74, 6) is 0.378. The van der Waals surface area contributed by atoms with Gasteiger partial charge in [-0.15, -0.1) is 0 Å². The summed E-state index contributed by atoms with van der Waals surface area (Å²) < 4.78 is 4.59. The maximum atomic E-state index is 10.4. The van der Waals surface area contributed by atoms with E-state index in [1.54, 1.807) is 18.3 Å². The van der Waals surface area contributed by atoms with Crippen LogP contribution in [-0.4, -0.2) is 16.2 Å². The van der Waals surface area contributed by atoms with E-state index in [1.807, 2.05) is 0 Å². The van der Waals surface area contributed by atoms with Crippen molar-refractivity contribution >= 4 is 29.3 Å². The minimum Gasteiger partial charge on any atom is -0.445 e. The first kappa shape index (κ1) is 10.3. The lowest BCUT2D eigenvalue weighted by atomic mass is 10.3. The molecule has 1 aromatic heterocycles. The van der Waals surface area contributed by atoms with Crippen LogP contribution in [0, 0.1) is 0 Å². The van der Waals surface area contributed by atoms with Crippen LogP contribution in [0.5, 0.6) is 0 Å². The lowest BCUT2D eigenvalue weighted by Crippen LogP contribution is -2.12. The van der Waals surface area contributed by atoms with Gasteiger partial charge >= 0.3 is 6.09 Å². The summed E-state index contributed by atoms with van der Waals surface area (Å²) in [5, 5.41) is 2.19. The third-order valence-corrected chi connectivity index (χ3v) is 1.48. The number of nitrogens with zero attached hydrogens (tertiary/aromatic N) is 2. The zero-order chi connectivity index (χ0) is 10.4. The van der Waals surface area contributed by atoms with Crippen molar-refractivity contribution in [2.24, 2.45) is 10.7 Å². The molecule has 1 heterocycles. The van der Waals surface area contributed by atoms with Gasteiger partial charge in [-0.2, -0.15) is 4.99 Å². The van der Waals surface area contributed by atoms with E-state index in [4.69, 9.17) is 5.73 Å². The number of pyridine rings is 1. The van der Waals surface area contributed by atoms with Crippen molar-refractivity contribution in [3.8, 4) is 0 Å². The quantitative estimate of drug-likeness (QED) is 0.603. The summed E-state index contributed by atoms with van der Waals surface area (Å²) in [7, 11) is 0. The third-order valence-electron chi connectivity index (χ3n) is 1.39. The average molecular weight is 209 g/mol. The normalized spacial score (nSPS) is 8.86. The van der Waals surface area contributed by atoms with Crippen molar-refractivity contribution in [2.45, 2.75) is 6.61 Å². The minimum absolute atomic E-state index is 0.0268. The van der Waals surface area contributed by atoms with Gasteiger partial charge in [-0.25, -0.2) is 9.78 Å². The summed E-state index contributed by atoms with van der Waals surface area (Å²) in [6.45, 7) is 0.0268. The highest BCUT2D eigenvalue weighted by molar-refractivity contribution is 7.78. The molecular formula is C8H7N3O2S. The van der Waals surface area contributed by atoms with E-state index < -0.39 is 6.09 Å². The number of isothiocyanates is 1. The number of hydrogen-bond acceptors (Lipinski definition) is 5. The van der Waals surface area contributed by atoms with E-state index in [0.717, 1.165) is 0 Å². The molecule has 0 aliphatic carbocycles. The van der Waals surface area contributed by atoms with Crippen LogP contribution in [0.2, 0.25) is 0 Å². The van der Waals surface area contributed by atoms with Gasteiger partial charge in [0, 0.05) is 11.8 Å². The Hall–Kier alpha value is -1.78. The number of thiocarbonyl (C=S) groups is 1. The SMILES string of the molecule is NC(=O)OCc1cccnc1N=C=S. The van der Waals surface area contributed by atoms with Crippen molar-refractivity contribution < 1.29 is 9.53 Å². The lowest BCUT2D eigenvalue weighted by Gasteiger charge is -2.02. The van der Waals surface area contributed by atoms with E-state index >= 15 is 0 Å². The molecule has 0 fully saturated rings. The number of aromatic nitrogens is 1. The number of primary amides is 1. The summed E-state index contributed by atoms with van der Waals surface area (Å²) in [5.41, 5.74) is 5.44. The first-order valence-electron chi connectivity index (χ1n) is 3.68. The fraction of sp³-hybridized carbons (Fsp3) is 0.125. The second-order valence-electron chi connectivity index (χ2n) is 2.30. The standard InChI is InChI=1S/C8H7N3O2S/c9-8(12)13-4-6-2-1-3-10-7(6)11-5-14/h1-3H,4H2,(H2,9,12). The number of carbonyl (C=O) groups excluding carboxylic acids is 1. The average Bonchev–Trinajstić information content (AvgIpc) is 2.17. The number of amides is 1. The predicted octanol–water partition coefficient (Wildman–Crippen LogP) is 1.41. The van der Waals surface area contributed by atoms with Gasteiger partial charge in [0.05, 0.1) is 5.16 Å². The Bertz CT molecular complexity index is 388. The molecule has 0 unspecified atom stereocenters. The van der Waals surface area contributed by atoms with E-state index in [2.05, 4.69) is 32.1 Å². The lowest BCUT2D eigenvalue weighted by molar-refractivity contribution is 0.150. The number of carbonyl (C=O) groups is 1. The number of hydrogen-bond donors (Lipinski definition) is 1. The van der Waals surface area contributed by atoms with Gasteiger partial charge in [0.25, 0.3) is 0 Å². The zero-order valence-electron chi connectivity index (χ0n) is 7.14. The van der Waals surface area contributed by atoms with Crippen LogP contribution < -0.4 is 5.73 Å². The summed E-state index contributed by atoms with van der Waals surface area (Å²) >= 11 is 4.44. The molecule has 72 valence electrons. The first-order chi connectivity index (χ1) is 6.74. The number of nitrogens with two attached hydrogens (primary N) is 1. The Morgan fingerprint density at radius 3 is 3.21 bits per heavy atom. The monoisotopic (exact) mass is 209 g/mol. The molecule has 1 aromatic rings. The van der Waals surface area contributed by atoms with Crippen LogP contribution in [0.25, 0.3) is 0 Å². The zero-order valence-corrected chi connectivity index (χ0v) is 7.95. The molecule has 0 aromatic carbocycles. The minimum atomic E-state index is -0.842. The molecule has 0 saturated carbocycles. The van der Waals surface area contributed by atoms with Crippen molar-refractivity contribution in [3.63, 3.8) is 0 Å². The number of rotatable bonds is 3. The van der Waals surface area contributed by atoms with Crippen LogP contribution in [-0.2, 0) is 11.3 Å². The smallest absolute Gasteiger partial charge is 0.404 e. The summed E-state index contributed by atoms with van der Waals surface area (Å²) in [6.07, 6.45) is 0.713. The van der Waals surface area contributed by atoms with Gasteiger partial charge in [-0.1, -0.05) is 6.07 Å². The van der Waals surface area contributed by atoms with E-state index in [-0.39, 0.29) is 6.61 Å². The van der Waals surface area contributed by atoms with Crippen molar-refractivity contribution in [3.05, 3.63) is 23.9 Å². The Kier molecular flexibility index (Phi) is 3.72. The van der Waals surface area contributed by atoms with E-state index in [1.165, 1.54) is 0 Å². The molecule has 0 aliphatic heterocycles. The highest BCUT2D eigenvalue weighted by Crippen LogP contribution is 2.15. The summed E-state index contributed by atoms with van der Waals surface area (Å²) in [6, 6.07) is 3.41. The molecule has 14 heavy (non-hydrogen) atoms. The molecule has 1 amide bonds. The van der Waals surface area contributed by atoms with Gasteiger partial charge in [-0.3, -0.25) is 0 Å². The maximum absolute atomic E-state index is 10.4. The molecule has 6 heteroatoms. The number of ether oxygens (including phenoxy) is 1. The molecule has 0 spiro atoms. The maximum Gasteiger partial charge on any atom is 0.404 e.